The molecule has 2 aromatic heterocycles. The molecule has 0 spiro atoms. The number of β-amino-alcohol motifs (C(OH)–C–C–N with tert-alkyl or cyclic N) is 1. The Balaban J connectivity index is 1.10. The molecule has 3 aromatic rings. The van der Waals surface area contributed by atoms with Crippen molar-refractivity contribution in [3.8, 4) is 16.9 Å². The molecule has 51 heavy (non-hydrogen) atoms. The number of anilines is 1. The molecule has 4 aliphatic carbocycles. The van der Waals surface area contributed by atoms with Crippen LogP contribution in [0.5, 0.6) is 5.75 Å². The lowest BCUT2D eigenvalue weighted by atomic mass is 9.51. The van der Waals surface area contributed by atoms with Gasteiger partial charge >= 0.3 is 6.09 Å². The molecule has 1 aromatic carbocycles. The van der Waals surface area contributed by atoms with E-state index in [0.717, 1.165) is 55.4 Å². The minimum atomic E-state index is -0.477. The van der Waals surface area contributed by atoms with Crippen molar-refractivity contribution < 1.29 is 24.2 Å². The first kappa shape index (κ1) is 35.5. The highest BCUT2D eigenvalue weighted by molar-refractivity contribution is 5.95. The highest BCUT2D eigenvalue weighted by atomic mass is 16.6. The average Bonchev–Trinajstić information content (AvgIpc) is 3.82. The van der Waals surface area contributed by atoms with Gasteiger partial charge in [-0.15, -0.1) is 0 Å². The van der Waals surface area contributed by atoms with Crippen molar-refractivity contribution in [3.05, 3.63) is 60.0 Å². The van der Waals surface area contributed by atoms with E-state index < -0.39 is 6.10 Å². The van der Waals surface area contributed by atoms with Crippen molar-refractivity contribution in [1.29, 1.82) is 0 Å². The Morgan fingerprint density at radius 3 is 2.31 bits per heavy atom. The first-order valence-corrected chi connectivity index (χ1v) is 19.0. The molecule has 4 saturated carbocycles. The van der Waals surface area contributed by atoms with E-state index in [0.29, 0.717) is 57.6 Å². The summed E-state index contributed by atoms with van der Waals surface area (Å²) in [6.45, 7) is 10.0. The van der Waals surface area contributed by atoms with Gasteiger partial charge in [-0.1, -0.05) is 12.1 Å². The summed E-state index contributed by atoms with van der Waals surface area (Å²) in [6.07, 6.45) is 14.5. The fourth-order valence-electron chi connectivity index (χ4n) is 9.11. The Labute approximate surface area is 302 Å². The van der Waals surface area contributed by atoms with Crippen LogP contribution < -0.4 is 9.64 Å². The minimum absolute atomic E-state index is 0.0424. The lowest BCUT2D eigenvalue weighted by molar-refractivity contribution is -0.124. The Bertz CT molecular complexity index is 1710. The van der Waals surface area contributed by atoms with Gasteiger partial charge < -0.3 is 19.5 Å². The van der Waals surface area contributed by atoms with E-state index in [9.17, 15) is 14.7 Å². The molecule has 5 fully saturated rings. The van der Waals surface area contributed by atoms with Crippen LogP contribution in [-0.4, -0.2) is 75.7 Å². The molecule has 8 rings (SSSR count). The van der Waals surface area contributed by atoms with E-state index in [1.54, 1.807) is 12.0 Å². The SMILES string of the molecule is COc1ccc(C23CCC(CN(C(=O)C4CCC(OC(=O)N5CC[C@H](O)C5)CC4)c4cc(-c5cnn(C(C)(C)C)c5)ccn4)(CC2)CC3)cc1C. The van der Waals surface area contributed by atoms with Gasteiger partial charge in [0.25, 0.3) is 0 Å². The Kier molecular flexibility index (Phi) is 9.67. The number of ether oxygens (including phenoxy) is 2. The third-order valence-electron chi connectivity index (χ3n) is 12.5. The van der Waals surface area contributed by atoms with Crippen LogP contribution in [0, 0.1) is 18.3 Å². The maximum atomic E-state index is 14.7. The highest BCUT2D eigenvalue weighted by Crippen LogP contribution is 2.58. The molecule has 0 radical (unpaired) electrons. The zero-order valence-corrected chi connectivity index (χ0v) is 31.1. The molecule has 3 heterocycles. The van der Waals surface area contributed by atoms with E-state index in [1.165, 1.54) is 11.1 Å². The maximum absolute atomic E-state index is 14.7. The summed E-state index contributed by atoms with van der Waals surface area (Å²) in [6, 6.07) is 10.8. The topological polar surface area (TPSA) is 110 Å². The zero-order valence-electron chi connectivity index (χ0n) is 31.1. The molecular weight excluding hydrogens is 642 g/mol. The summed E-state index contributed by atoms with van der Waals surface area (Å²) < 4.78 is 13.4. The number of methoxy groups -OCH3 is 1. The number of aryl methyl sites for hydroxylation is 1. The molecule has 10 heteroatoms. The Hall–Kier alpha value is -3.92. The van der Waals surface area contributed by atoms with E-state index >= 15 is 0 Å². The van der Waals surface area contributed by atoms with Crippen molar-refractivity contribution in [1.82, 2.24) is 19.7 Å². The number of fused-ring (bicyclic) bond motifs is 3. The van der Waals surface area contributed by atoms with Crippen LogP contribution >= 0.6 is 0 Å². The second kappa shape index (κ2) is 13.9. The second-order valence-electron chi connectivity index (χ2n) is 16.9. The second-order valence-corrected chi connectivity index (χ2v) is 16.9. The van der Waals surface area contributed by atoms with Gasteiger partial charge in [-0.05, 0) is 144 Å². The predicted molar refractivity (Wildman–Crippen MR) is 197 cm³/mol. The third-order valence-corrected chi connectivity index (χ3v) is 12.5. The number of rotatable bonds is 8. The summed E-state index contributed by atoms with van der Waals surface area (Å²) in [4.78, 5) is 35.9. The van der Waals surface area contributed by atoms with Crippen LogP contribution in [0.1, 0.15) is 103 Å². The molecule has 10 nitrogen and oxygen atoms in total. The number of aromatic nitrogens is 3. The molecule has 1 saturated heterocycles. The lowest BCUT2D eigenvalue weighted by Gasteiger charge is -2.55. The van der Waals surface area contributed by atoms with Gasteiger partial charge in [-0.3, -0.25) is 14.4 Å². The molecule has 1 aliphatic heterocycles. The standard InChI is InChI=1S/C41H55N5O5/c1-28-22-32(8-11-35(28)50-5)41-17-14-40(15-18-41,16-19-41)27-45(36-23-30(12-20-42-36)31-24-43-46(25-31)39(2,3)4)37(48)29-6-9-34(10-7-29)51-38(49)44-21-13-33(47)26-44/h8,11-12,20,22-25,29,33-34,47H,6-7,9-10,13-19,21,26-27H2,1-5H3/t29?,33-,34?,40?,41?/m0/s1. The van der Waals surface area contributed by atoms with Gasteiger partial charge in [0.1, 0.15) is 17.7 Å². The molecule has 1 N–H and O–H groups in total. The number of amides is 2. The number of carbonyl (C=O) groups excluding carboxylic acids is 2. The number of nitrogens with zero attached hydrogens (tertiary/aromatic N) is 5. The molecule has 2 bridgehead atoms. The molecule has 1 atom stereocenters. The fraction of sp³-hybridized carbons (Fsp3) is 0.610. The van der Waals surface area contributed by atoms with Crippen LogP contribution in [0.3, 0.4) is 0 Å². The Morgan fingerprint density at radius 1 is 0.980 bits per heavy atom. The van der Waals surface area contributed by atoms with E-state index in [1.807, 2.05) is 28.0 Å². The first-order valence-electron chi connectivity index (χ1n) is 19.0. The number of benzene rings is 1. The molecular formula is C41H55N5O5. The summed E-state index contributed by atoms with van der Waals surface area (Å²) in [7, 11) is 1.73. The van der Waals surface area contributed by atoms with E-state index in [2.05, 4.69) is 63.3 Å². The van der Waals surface area contributed by atoms with Crippen molar-refractivity contribution >= 4 is 17.8 Å². The van der Waals surface area contributed by atoms with E-state index in [4.69, 9.17) is 14.5 Å². The van der Waals surface area contributed by atoms with Crippen LogP contribution in [0.4, 0.5) is 10.6 Å². The monoisotopic (exact) mass is 697 g/mol. The van der Waals surface area contributed by atoms with Crippen molar-refractivity contribution in [2.24, 2.45) is 11.3 Å². The fourth-order valence-corrected chi connectivity index (χ4v) is 9.11. The molecule has 2 amide bonds. The third kappa shape index (κ3) is 7.26. The Morgan fingerprint density at radius 2 is 1.71 bits per heavy atom. The van der Waals surface area contributed by atoms with Crippen LogP contribution in [0.15, 0.2) is 48.9 Å². The van der Waals surface area contributed by atoms with Gasteiger partial charge in [-0.25, -0.2) is 9.78 Å². The van der Waals surface area contributed by atoms with Crippen LogP contribution in [0.25, 0.3) is 11.1 Å². The molecule has 5 aliphatic rings. The number of aliphatic hydroxyl groups excluding tert-OH is 1. The smallest absolute Gasteiger partial charge is 0.410 e. The maximum Gasteiger partial charge on any atom is 0.410 e. The number of likely N-dealkylation sites (tertiary alicyclic amines) is 1. The normalized spacial score (nSPS) is 27.7. The number of aliphatic hydroxyl groups is 1. The minimum Gasteiger partial charge on any atom is -0.496 e. The summed E-state index contributed by atoms with van der Waals surface area (Å²) >= 11 is 0. The van der Waals surface area contributed by atoms with Crippen molar-refractivity contribution in [2.45, 2.75) is 121 Å². The van der Waals surface area contributed by atoms with Gasteiger partial charge in [0, 0.05) is 43.5 Å². The number of carbonyl (C=O) groups is 2. The summed E-state index contributed by atoms with van der Waals surface area (Å²) in [5, 5.41) is 14.5. The van der Waals surface area contributed by atoms with Gasteiger partial charge in [0.15, 0.2) is 0 Å². The quantitative estimate of drug-likeness (QED) is 0.261. The molecule has 0 unspecified atom stereocenters. The average molecular weight is 698 g/mol. The molecule has 274 valence electrons. The highest BCUT2D eigenvalue weighted by Gasteiger charge is 2.51. The zero-order chi connectivity index (χ0) is 36.0. The van der Waals surface area contributed by atoms with E-state index in [-0.39, 0.29) is 40.4 Å². The predicted octanol–water partition coefficient (Wildman–Crippen LogP) is 7.40. The van der Waals surface area contributed by atoms with Crippen molar-refractivity contribution in [3.63, 3.8) is 0 Å². The number of hydrogen-bond acceptors (Lipinski definition) is 7. The largest absolute Gasteiger partial charge is 0.496 e. The van der Waals surface area contributed by atoms with Gasteiger partial charge in [0.05, 0.1) is 24.9 Å². The number of pyridine rings is 1. The number of hydrogen-bond donors (Lipinski definition) is 1. The lowest BCUT2D eigenvalue weighted by Crippen LogP contribution is -2.52. The summed E-state index contributed by atoms with van der Waals surface area (Å²) in [5.41, 5.74) is 4.69. The van der Waals surface area contributed by atoms with Crippen LogP contribution in [-0.2, 0) is 20.5 Å². The first-order chi connectivity index (χ1) is 24.4. The van der Waals surface area contributed by atoms with Crippen molar-refractivity contribution in [2.75, 3.05) is 31.6 Å². The van der Waals surface area contributed by atoms with Gasteiger partial charge in [-0.2, -0.15) is 5.10 Å². The van der Waals surface area contributed by atoms with Gasteiger partial charge in [0.2, 0.25) is 5.91 Å². The summed E-state index contributed by atoms with van der Waals surface area (Å²) in [5.74, 6) is 1.60. The van der Waals surface area contributed by atoms with Crippen LogP contribution in [0.2, 0.25) is 0 Å².